The monoisotopic (exact) mass is 276 g/mol. The van der Waals surface area contributed by atoms with Gasteiger partial charge in [-0.05, 0) is 70.9 Å². The molecule has 0 spiro atoms. The summed E-state index contributed by atoms with van der Waals surface area (Å²) in [6, 6.07) is 5.83. The van der Waals surface area contributed by atoms with Gasteiger partial charge in [-0.1, -0.05) is 6.07 Å². The lowest BCUT2D eigenvalue weighted by Crippen LogP contribution is -2.22. The summed E-state index contributed by atoms with van der Waals surface area (Å²) in [6.07, 6.45) is 3.35. The molecule has 0 unspecified atom stereocenters. The summed E-state index contributed by atoms with van der Waals surface area (Å²) in [5, 5.41) is 0. The van der Waals surface area contributed by atoms with Gasteiger partial charge in [0.25, 0.3) is 0 Å². The second-order valence-electron chi connectivity index (χ2n) is 6.06. The lowest BCUT2D eigenvalue weighted by atomic mass is 10.1. The van der Waals surface area contributed by atoms with Gasteiger partial charge < -0.3 is 9.47 Å². The Labute approximate surface area is 121 Å². The zero-order valence-corrected chi connectivity index (χ0v) is 13.2. The van der Waals surface area contributed by atoms with Crippen LogP contribution >= 0.6 is 0 Å². The fourth-order valence-corrected chi connectivity index (χ4v) is 1.66. The lowest BCUT2D eigenvalue weighted by Gasteiger charge is -2.17. The van der Waals surface area contributed by atoms with E-state index in [1.807, 2.05) is 59.7 Å². The number of carbonyl (C=O) groups is 1. The molecule has 0 radical (unpaired) electrons. The van der Waals surface area contributed by atoms with E-state index in [1.165, 1.54) is 6.08 Å². The SMILES string of the molecule is Cc1cc(C=CC(=O)OC(C)(C)C)ccc1OC(C)C. The van der Waals surface area contributed by atoms with Gasteiger partial charge in [-0.15, -0.1) is 0 Å². The molecule has 0 aliphatic heterocycles. The van der Waals surface area contributed by atoms with E-state index in [1.54, 1.807) is 6.08 Å². The van der Waals surface area contributed by atoms with Crippen molar-refractivity contribution in [3.8, 4) is 5.75 Å². The van der Waals surface area contributed by atoms with Crippen molar-refractivity contribution in [1.82, 2.24) is 0 Å². The number of rotatable bonds is 4. The molecule has 3 heteroatoms. The number of ether oxygens (including phenoxy) is 2. The van der Waals surface area contributed by atoms with E-state index < -0.39 is 5.60 Å². The molecule has 0 heterocycles. The number of esters is 1. The van der Waals surface area contributed by atoms with Crippen molar-refractivity contribution in [3.05, 3.63) is 35.4 Å². The van der Waals surface area contributed by atoms with Gasteiger partial charge in [-0.2, -0.15) is 0 Å². The van der Waals surface area contributed by atoms with Crippen LogP contribution in [-0.4, -0.2) is 17.7 Å². The van der Waals surface area contributed by atoms with Crippen LogP contribution in [0.15, 0.2) is 24.3 Å². The molecule has 0 atom stereocenters. The van der Waals surface area contributed by atoms with Crippen LogP contribution in [0.1, 0.15) is 45.7 Å². The topological polar surface area (TPSA) is 35.5 Å². The first kappa shape index (κ1) is 16.3. The molecule has 110 valence electrons. The van der Waals surface area contributed by atoms with Crippen LogP contribution in [0.4, 0.5) is 0 Å². The molecular formula is C17H24O3. The van der Waals surface area contributed by atoms with Crippen molar-refractivity contribution in [2.45, 2.75) is 53.2 Å². The Bertz CT molecular complexity index is 493. The lowest BCUT2D eigenvalue weighted by molar-refractivity contribution is -0.148. The molecule has 0 aliphatic carbocycles. The minimum Gasteiger partial charge on any atom is -0.491 e. The highest BCUT2D eigenvalue weighted by Crippen LogP contribution is 2.21. The molecule has 0 N–H and O–H groups in total. The molecule has 1 aromatic rings. The van der Waals surface area contributed by atoms with Crippen LogP contribution in [0.3, 0.4) is 0 Å². The Kier molecular flexibility index (Phi) is 5.37. The van der Waals surface area contributed by atoms with Crippen LogP contribution in [0, 0.1) is 6.92 Å². The standard InChI is InChI=1S/C17H24O3/c1-12(2)19-15-9-7-14(11-13(15)3)8-10-16(18)20-17(4,5)6/h7-12H,1-6H3. The zero-order chi connectivity index (χ0) is 15.3. The third-order valence-corrected chi connectivity index (χ3v) is 2.38. The van der Waals surface area contributed by atoms with E-state index in [-0.39, 0.29) is 12.1 Å². The summed E-state index contributed by atoms with van der Waals surface area (Å²) in [6.45, 7) is 11.5. The minimum atomic E-state index is -0.466. The van der Waals surface area contributed by atoms with Crippen LogP contribution < -0.4 is 4.74 Å². The number of hydrogen-bond acceptors (Lipinski definition) is 3. The summed E-state index contributed by atoms with van der Waals surface area (Å²) in [5.74, 6) is 0.534. The van der Waals surface area contributed by atoms with Crippen LogP contribution in [0.2, 0.25) is 0 Å². The van der Waals surface area contributed by atoms with E-state index in [4.69, 9.17) is 9.47 Å². The smallest absolute Gasteiger partial charge is 0.331 e. The second-order valence-corrected chi connectivity index (χ2v) is 6.06. The first-order valence-electron chi connectivity index (χ1n) is 6.86. The molecule has 1 aromatic carbocycles. The molecular weight excluding hydrogens is 252 g/mol. The molecule has 0 aliphatic rings. The molecule has 0 bridgehead atoms. The Balaban J connectivity index is 2.74. The molecule has 1 rings (SSSR count). The summed E-state index contributed by atoms with van der Waals surface area (Å²) in [5.41, 5.74) is 1.53. The zero-order valence-electron chi connectivity index (χ0n) is 13.2. The molecule has 0 amide bonds. The number of benzene rings is 1. The number of hydrogen-bond donors (Lipinski definition) is 0. The van der Waals surface area contributed by atoms with Crippen LogP contribution in [-0.2, 0) is 9.53 Å². The minimum absolute atomic E-state index is 0.150. The Morgan fingerprint density at radius 2 is 1.90 bits per heavy atom. The average molecular weight is 276 g/mol. The molecule has 0 aromatic heterocycles. The van der Waals surface area contributed by atoms with Gasteiger partial charge in [0, 0.05) is 6.08 Å². The first-order valence-corrected chi connectivity index (χ1v) is 6.86. The van der Waals surface area contributed by atoms with Gasteiger partial charge in [0.15, 0.2) is 0 Å². The average Bonchev–Trinajstić information content (AvgIpc) is 2.27. The van der Waals surface area contributed by atoms with Crippen molar-refractivity contribution in [1.29, 1.82) is 0 Å². The van der Waals surface area contributed by atoms with E-state index in [0.29, 0.717) is 0 Å². The fraction of sp³-hybridized carbons (Fsp3) is 0.471. The molecule has 3 nitrogen and oxygen atoms in total. The van der Waals surface area contributed by atoms with Gasteiger partial charge in [-0.3, -0.25) is 0 Å². The molecule has 0 fully saturated rings. The summed E-state index contributed by atoms with van der Waals surface area (Å²) in [7, 11) is 0. The normalized spacial score (nSPS) is 11.9. The maximum atomic E-state index is 11.6. The maximum absolute atomic E-state index is 11.6. The summed E-state index contributed by atoms with van der Waals surface area (Å²) < 4.78 is 10.9. The molecule has 0 saturated heterocycles. The van der Waals surface area contributed by atoms with Crippen molar-refractivity contribution < 1.29 is 14.3 Å². The van der Waals surface area contributed by atoms with Crippen molar-refractivity contribution in [3.63, 3.8) is 0 Å². The van der Waals surface area contributed by atoms with Crippen molar-refractivity contribution in [2.24, 2.45) is 0 Å². The van der Waals surface area contributed by atoms with Crippen LogP contribution in [0.5, 0.6) is 5.75 Å². The number of carbonyl (C=O) groups excluding carboxylic acids is 1. The summed E-state index contributed by atoms with van der Waals surface area (Å²) >= 11 is 0. The summed E-state index contributed by atoms with van der Waals surface area (Å²) in [4.78, 5) is 11.6. The Hall–Kier alpha value is -1.77. The first-order chi connectivity index (χ1) is 9.17. The van der Waals surface area contributed by atoms with E-state index in [0.717, 1.165) is 16.9 Å². The van der Waals surface area contributed by atoms with Gasteiger partial charge >= 0.3 is 5.97 Å². The van der Waals surface area contributed by atoms with Gasteiger partial charge in [0.1, 0.15) is 11.4 Å². The second kappa shape index (κ2) is 6.60. The quantitative estimate of drug-likeness (QED) is 0.612. The predicted molar refractivity (Wildman–Crippen MR) is 81.8 cm³/mol. The fourth-order valence-electron chi connectivity index (χ4n) is 1.66. The van der Waals surface area contributed by atoms with E-state index in [2.05, 4.69) is 0 Å². The third-order valence-electron chi connectivity index (χ3n) is 2.38. The maximum Gasteiger partial charge on any atom is 0.331 e. The van der Waals surface area contributed by atoms with Gasteiger partial charge in [0.05, 0.1) is 6.10 Å². The van der Waals surface area contributed by atoms with Gasteiger partial charge in [-0.25, -0.2) is 4.79 Å². The van der Waals surface area contributed by atoms with Crippen LogP contribution in [0.25, 0.3) is 6.08 Å². The van der Waals surface area contributed by atoms with Crippen molar-refractivity contribution in [2.75, 3.05) is 0 Å². The number of aryl methyl sites for hydroxylation is 1. The highest BCUT2D eigenvalue weighted by Gasteiger charge is 2.13. The van der Waals surface area contributed by atoms with E-state index >= 15 is 0 Å². The van der Waals surface area contributed by atoms with Crippen molar-refractivity contribution >= 4 is 12.0 Å². The predicted octanol–water partition coefficient (Wildman–Crippen LogP) is 4.14. The largest absolute Gasteiger partial charge is 0.491 e. The highest BCUT2D eigenvalue weighted by atomic mass is 16.6. The highest BCUT2D eigenvalue weighted by molar-refractivity contribution is 5.87. The van der Waals surface area contributed by atoms with E-state index in [9.17, 15) is 4.79 Å². The Morgan fingerprint density at radius 3 is 2.40 bits per heavy atom. The third kappa shape index (κ3) is 5.91. The molecule has 0 saturated carbocycles. The van der Waals surface area contributed by atoms with Gasteiger partial charge in [0.2, 0.25) is 0 Å². The molecule has 20 heavy (non-hydrogen) atoms. The Morgan fingerprint density at radius 1 is 1.25 bits per heavy atom.